The van der Waals surface area contributed by atoms with Crippen molar-refractivity contribution < 1.29 is 9.59 Å². The van der Waals surface area contributed by atoms with E-state index in [2.05, 4.69) is 21.8 Å². The van der Waals surface area contributed by atoms with Gasteiger partial charge in [-0.1, -0.05) is 29.8 Å². The first-order valence-corrected chi connectivity index (χ1v) is 10.9. The average molecular weight is 420 g/mol. The van der Waals surface area contributed by atoms with Gasteiger partial charge >= 0.3 is 0 Å². The molecule has 30 heavy (non-hydrogen) atoms. The molecule has 1 aliphatic heterocycles. The molecule has 2 bridgehead atoms. The standard InChI is InChI=1S/C24H22ClN3O2/c1-12-8-14(13(2)27(12)16-5-3-4-15(25)9-16)11-26-28-23(29)21-17-6-7-18(20-10-19(17)20)22(21)24(28)30/h3-9,11,17-22H,10H2,1-2H3/b26-11-/t17-,18-,19-,20-,21-,22+/m0/s1. The Balaban J connectivity index is 1.31. The van der Waals surface area contributed by atoms with Gasteiger partial charge in [-0.2, -0.15) is 10.1 Å². The molecule has 6 heteroatoms. The number of nitrogens with zero attached hydrogens (tertiary/aromatic N) is 3. The second-order valence-corrected chi connectivity index (χ2v) is 9.47. The molecule has 1 aromatic carbocycles. The molecule has 2 aromatic rings. The molecule has 7 rings (SSSR count). The van der Waals surface area contributed by atoms with E-state index in [1.807, 2.05) is 44.2 Å². The number of hydrazone groups is 1. The molecule has 4 aliphatic carbocycles. The van der Waals surface area contributed by atoms with E-state index in [1.54, 1.807) is 6.21 Å². The number of carbonyl (C=O) groups is 2. The number of halogens is 1. The van der Waals surface area contributed by atoms with Gasteiger partial charge in [-0.3, -0.25) is 9.59 Å². The van der Waals surface area contributed by atoms with Crippen LogP contribution in [0.2, 0.25) is 5.02 Å². The minimum absolute atomic E-state index is 0.130. The van der Waals surface area contributed by atoms with Crippen molar-refractivity contribution in [3.63, 3.8) is 0 Å². The van der Waals surface area contributed by atoms with E-state index in [4.69, 9.17) is 11.6 Å². The summed E-state index contributed by atoms with van der Waals surface area (Å²) in [7, 11) is 0. The predicted octanol–water partition coefficient (Wildman–Crippen LogP) is 4.13. The number of rotatable bonds is 3. The van der Waals surface area contributed by atoms with Crippen molar-refractivity contribution in [1.29, 1.82) is 0 Å². The van der Waals surface area contributed by atoms with Gasteiger partial charge in [-0.15, -0.1) is 0 Å². The number of aromatic nitrogens is 1. The minimum atomic E-state index is -0.215. The van der Waals surface area contributed by atoms with E-state index >= 15 is 0 Å². The number of carbonyl (C=O) groups excluding carboxylic acids is 2. The monoisotopic (exact) mass is 419 g/mol. The first-order chi connectivity index (χ1) is 14.5. The Kier molecular flexibility index (Phi) is 3.73. The van der Waals surface area contributed by atoms with Crippen molar-refractivity contribution in [3.05, 3.63) is 64.5 Å². The molecule has 152 valence electrons. The summed E-state index contributed by atoms with van der Waals surface area (Å²) in [5.74, 6) is 0.935. The molecule has 1 saturated heterocycles. The Morgan fingerprint density at radius 2 is 1.70 bits per heavy atom. The fourth-order valence-electron chi connectivity index (χ4n) is 6.11. The van der Waals surface area contributed by atoms with Gasteiger partial charge in [0.1, 0.15) is 0 Å². The van der Waals surface area contributed by atoms with Crippen molar-refractivity contribution in [2.75, 3.05) is 0 Å². The van der Waals surface area contributed by atoms with Crippen LogP contribution >= 0.6 is 11.6 Å². The fraction of sp³-hybridized carbons (Fsp3) is 0.375. The summed E-state index contributed by atoms with van der Waals surface area (Å²) in [4.78, 5) is 26.2. The molecular weight excluding hydrogens is 398 g/mol. The van der Waals surface area contributed by atoms with Crippen LogP contribution in [0.25, 0.3) is 5.69 Å². The maximum absolute atomic E-state index is 13.1. The van der Waals surface area contributed by atoms with Crippen molar-refractivity contribution in [3.8, 4) is 5.69 Å². The van der Waals surface area contributed by atoms with Gasteiger partial charge in [0.2, 0.25) is 0 Å². The predicted molar refractivity (Wildman–Crippen MR) is 114 cm³/mol. The van der Waals surface area contributed by atoms with Crippen molar-refractivity contribution in [1.82, 2.24) is 9.58 Å². The third-order valence-electron chi connectivity index (χ3n) is 7.49. The SMILES string of the molecule is Cc1cc(/C=N\N2C(=O)[C@@H]3[C@H]4C=C[C@@H]([C@@H]5C[C@@H]45)[C@@H]3C2=O)c(C)n1-c1cccc(Cl)c1. The lowest BCUT2D eigenvalue weighted by molar-refractivity contribution is -0.140. The molecular formula is C24H22ClN3O2. The minimum Gasteiger partial charge on any atom is -0.318 e. The van der Waals surface area contributed by atoms with Gasteiger partial charge < -0.3 is 4.57 Å². The highest BCUT2D eigenvalue weighted by molar-refractivity contribution is 6.30. The Bertz CT molecular complexity index is 1130. The zero-order valence-corrected chi connectivity index (χ0v) is 17.6. The molecule has 5 nitrogen and oxygen atoms in total. The third-order valence-corrected chi connectivity index (χ3v) is 7.72. The van der Waals surface area contributed by atoms with Gasteiger partial charge in [0, 0.05) is 27.7 Å². The van der Waals surface area contributed by atoms with Crippen LogP contribution < -0.4 is 0 Å². The van der Waals surface area contributed by atoms with Gasteiger partial charge in [0.15, 0.2) is 0 Å². The fourth-order valence-corrected chi connectivity index (χ4v) is 6.29. The highest BCUT2D eigenvalue weighted by atomic mass is 35.5. The number of aryl methyl sites for hydroxylation is 1. The van der Waals surface area contributed by atoms with Gasteiger partial charge in [-0.25, -0.2) is 0 Å². The Labute approximate surface area is 180 Å². The van der Waals surface area contributed by atoms with Crippen molar-refractivity contribution >= 4 is 29.6 Å². The number of benzene rings is 1. The zero-order chi connectivity index (χ0) is 20.7. The molecule has 0 unspecified atom stereocenters. The number of hydrogen-bond acceptors (Lipinski definition) is 3. The molecule has 5 aliphatic rings. The molecule has 0 spiro atoms. The quantitative estimate of drug-likeness (QED) is 0.426. The molecule has 1 aromatic heterocycles. The Morgan fingerprint density at radius 3 is 2.33 bits per heavy atom. The maximum Gasteiger partial charge on any atom is 0.254 e. The second kappa shape index (κ2) is 6.17. The van der Waals surface area contributed by atoms with Crippen LogP contribution in [-0.4, -0.2) is 27.6 Å². The molecule has 0 N–H and O–H groups in total. The van der Waals surface area contributed by atoms with Crippen LogP contribution in [0.4, 0.5) is 0 Å². The van der Waals surface area contributed by atoms with Gasteiger partial charge in [0.25, 0.3) is 11.8 Å². The maximum atomic E-state index is 13.1. The lowest BCUT2D eigenvalue weighted by Crippen LogP contribution is -2.40. The van der Waals surface area contributed by atoms with E-state index in [0.29, 0.717) is 16.9 Å². The smallest absolute Gasteiger partial charge is 0.254 e. The van der Waals surface area contributed by atoms with Crippen LogP contribution in [0.15, 0.2) is 47.6 Å². The van der Waals surface area contributed by atoms with Crippen LogP contribution in [0.3, 0.4) is 0 Å². The van der Waals surface area contributed by atoms with Crippen molar-refractivity contribution in [2.24, 2.45) is 40.6 Å². The second-order valence-electron chi connectivity index (χ2n) is 9.03. The highest BCUT2D eigenvalue weighted by Crippen LogP contribution is 2.65. The third kappa shape index (κ3) is 2.38. The normalized spacial score (nSPS) is 33.5. The van der Waals surface area contributed by atoms with E-state index in [-0.39, 0.29) is 35.5 Å². The molecule has 3 fully saturated rings. The summed E-state index contributed by atoms with van der Waals surface area (Å²) in [6.45, 7) is 4.02. The number of allylic oxidation sites excluding steroid dienone is 2. The highest BCUT2D eigenvalue weighted by Gasteiger charge is 2.67. The van der Waals surface area contributed by atoms with Crippen LogP contribution in [-0.2, 0) is 9.59 Å². The topological polar surface area (TPSA) is 54.7 Å². The van der Waals surface area contributed by atoms with Crippen LogP contribution in [0.5, 0.6) is 0 Å². The Hall–Kier alpha value is -2.66. The summed E-state index contributed by atoms with van der Waals surface area (Å²) < 4.78 is 2.10. The average Bonchev–Trinajstić information content (AvgIpc) is 3.45. The number of imide groups is 1. The van der Waals surface area contributed by atoms with Crippen molar-refractivity contribution in [2.45, 2.75) is 20.3 Å². The van der Waals surface area contributed by atoms with E-state index in [0.717, 1.165) is 34.1 Å². The summed E-state index contributed by atoms with van der Waals surface area (Å²) >= 11 is 6.16. The number of hydrogen-bond donors (Lipinski definition) is 0. The summed E-state index contributed by atoms with van der Waals surface area (Å²) in [5, 5.41) is 6.20. The van der Waals surface area contributed by atoms with E-state index in [1.165, 1.54) is 0 Å². The number of amides is 2. The first-order valence-electron chi connectivity index (χ1n) is 10.5. The lowest BCUT2D eigenvalue weighted by Gasteiger charge is -2.37. The molecule has 2 heterocycles. The van der Waals surface area contributed by atoms with Crippen LogP contribution in [0, 0.1) is 49.4 Å². The Morgan fingerprint density at radius 1 is 1.03 bits per heavy atom. The van der Waals surface area contributed by atoms with Gasteiger partial charge in [0.05, 0.1) is 18.1 Å². The van der Waals surface area contributed by atoms with E-state index in [9.17, 15) is 9.59 Å². The largest absolute Gasteiger partial charge is 0.318 e. The molecule has 0 radical (unpaired) electrons. The summed E-state index contributed by atoms with van der Waals surface area (Å²) in [5.41, 5.74) is 3.87. The van der Waals surface area contributed by atoms with E-state index < -0.39 is 0 Å². The summed E-state index contributed by atoms with van der Waals surface area (Å²) in [6.07, 6.45) is 7.16. The van der Waals surface area contributed by atoms with Gasteiger partial charge in [-0.05, 0) is 68.2 Å². The molecule has 2 amide bonds. The summed E-state index contributed by atoms with van der Waals surface area (Å²) in [6, 6.07) is 9.68. The lowest BCUT2D eigenvalue weighted by atomic mass is 9.63. The molecule has 2 saturated carbocycles. The molecule has 6 atom stereocenters. The van der Waals surface area contributed by atoms with Crippen LogP contribution in [0.1, 0.15) is 23.4 Å². The zero-order valence-electron chi connectivity index (χ0n) is 16.8. The first kappa shape index (κ1) is 18.1.